The highest BCUT2D eigenvalue weighted by atomic mass is 32.1. The quantitative estimate of drug-likeness (QED) is 0.194. The fourth-order valence-corrected chi connectivity index (χ4v) is 2.06. The molecule has 3 amide bonds. The number of rotatable bonds is 11. The lowest BCUT2D eigenvalue weighted by atomic mass is 10.0. The van der Waals surface area contributed by atoms with E-state index in [1.807, 2.05) is 13.8 Å². The van der Waals surface area contributed by atoms with Crippen LogP contribution in [0, 0.1) is 5.92 Å². The van der Waals surface area contributed by atoms with E-state index in [9.17, 15) is 24.3 Å². The van der Waals surface area contributed by atoms with E-state index < -0.39 is 55.0 Å². The molecule has 0 heterocycles. The van der Waals surface area contributed by atoms with Gasteiger partial charge in [-0.1, -0.05) is 13.8 Å². The molecule has 0 aliphatic carbocycles. The molecular weight excluding hydrogens is 352 g/mol. The van der Waals surface area contributed by atoms with Crippen LogP contribution in [0.25, 0.3) is 0 Å². The van der Waals surface area contributed by atoms with Crippen molar-refractivity contribution >= 4 is 36.3 Å². The Hall–Kier alpha value is -1.85. The number of nitrogens with one attached hydrogen (secondary N) is 3. The first kappa shape index (κ1) is 23.1. The van der Waals surface area contributed by atoms with Crippen molar-refractivity contribution in [3.63, 3.8) is 0 Å². The molecule has 0 radical (unpaired) electrons. The van der Waals surface area contributed by atoms with E-state index in [4.69, 9.17) is 10.8 Å². The van der Waals surface area contributed by atoms with Gasteiger partial charge in [0.25, 0.3) is 0 Å². The smallest absolute Gasteiger partial charge is 0.327 e. The summed E-state index contributed by atoms with van der Waals surface area (Å²) in [4.78, 5) is 46.1. The molecule has 0 saturated heterocycles. The fraction of sp³-hybridized carbons (Fsp3) is 0.714. The van der Waals surface area contributed by atoms with E-state index in [0.717, 1.165) is 0 Å². The van der Waals surface area contributed by atoms with Crippen molar-refractivity contribution in [3.8, 4) is 0 Å². The molecule has 25 heavy (non-hydrogen) atoms. The third-order valence-corrected chi connectivity index (χ3v) is 3.48. The van der Waals surface area contributed by atoms with Crippen molar-refractivity contribution in [1.82, 2.24) is 16.0 Å². The maximum absolute atomic E-state index is 11.9. The molecule has 11 heteroatoms. The standard InChI is InChI=1S/C14H26N4O6S/c1-7(2)3-8(15)12(21)18-9(5-19)13(22)16-4-11(20)17-10(6-25)14(23)24/h7-10,19,25H,3-6,15H2,1-2H3,(H,16,22)(H,17,20)(H,18,21)(H,23,24). The minimum absolute atomic E-state index is 0.113. The van der Waals surface area contributed by atoms with Gasteiger partial charge in [0.15, 0.2) is 0 Å². The Morgan fingerprint density at radius 1 is 1.08 bits per heavy atom. The topological polar surface area (TPSA) is 171 Å². The molecule has 0 aromatic carbocycles. The van der Waals surface area contributed by atoms with Gasteiger partial charge in [-0.3, -0.25) is 14.4 Å². The van der Waals surface area contributed by atoms with Crippen molar-refractivity contribution in [2.24, 2.45) is 11.7 Å². The largest absolute Gasteiger partial charge is 0.480 e. The SMILES string of the molecule is CC(C)CC(N)C(=O)NC(CO)C(=O)NCC(=O)NC(CS)C(=O)O. The maximum atomic E-state index is 11.9. The van der Waals surface area contributed by atoms with Crippen LogP contribution < -0.4 is 21.7 Å². The number of carboxylic acids is 1. The molecule has 0 fully saturated rings. The van der Waals surface area contributed by atoms with Gasteiger partial charge in [0.05, 0.1) is 19.2 Å². The van der Waals surface area contributed by atoms with Crippen molar-refractivity contribution < 1.29 is 29.4 Å². The zero-order valence-electron chi connectivity index (χ0n) is 14.2. The number of aliphatic hydroxyl groups is 1. The van der Waals surface area contributed by atoms with Gasteiger partial charge in [-0.15, -0.1) is 0 Å². The second-order valence-electron chi connectivity index (χ2n) is 5.84. The molecule has 0 spiro atoms. The van der Waals surface area contributed by atoms with Gasteiger partial charge in [0.1, 0.15) is 12.1 Å². The lowest BCUT2D eigenvalue weighted by molar-refractivity contribution is -0.141. The Labute approximate surface area is 151 Å². The number of hydrogen-bond acceptors (Lipinski definition) is 7. The number of carbonyl (C=O) groups excluding carboxylic acids is 3. The Morgan fingerprint density at radius 3 is 2.12 bits per heavy atom. The van der Waals surface area contributed by atoms with Crippen LogP contribution in [0.4, 0.5) is 0 Å². The van der Waals surface area contributed by atoms with E-state index in [1.54, 1.807) is 0 Å². The Bertz CT molecular complexity index is 488. The predicted octanol–water partition coefficient (Wildman–Crippen LogP) is -2.55. The number of thiol groups is 1. The van der Waals surface area contributed by atoms with Crippen molar-refractivity contribution in [3.05, 3.63) is 0 Å². The van der Waals surface area contributed by atoms with Gasteiger partial charge < -0.3 is 31.9 Å². The highest BCUT2D eigenvalue weighted by Gasteiger charge is 2.24. The minimum atomic E-state index is -1.27. The van der Waals surface area contributed by atoms with Gasteiger partial charge in [0, 0.05) is 5.75 Å². The minimum Gasteiger partial charge on any atom is -0.480 e. The molecule has 10 nitrogen and oxygen atoms in total. The summed E-state index contributed by atoms with van der Waals surface area (Å²) in [6, 6.07) is -3.27. The summed E-state index contributed by atoms with van der Waals surface area (Å²) in [5, 5.41) is 24.7. The summed E-state index contributed by atoms with van der Waals surface area (Å²) in [5.74, 6) is -3.31. The van der Waals surface area contributed by atoms with Crippen LogP contribution in [-0.2, 0) is 19.2 Å². The Morgan fingerprint density at radius 2 is 1.68 bits per heavy atom. The predicted molar refractivity (Wildman–Crippen MR) is 92.9 cm³/mol. The van der Waals surface area contributed by atoms with Gasteiger partial charge in [0.2, 0.25) is 17.7 Å². The van der Waals surface area contributed by atoms with Crippen molar-refractivity contribution in [2.45, 2.75) is 38.4 Å². The lowest BCUT2D eigenvalue weighted by Gasteiger charge is -2.20. The van der Waals surface area contributed by atoms with Crippen LogP contribution in [-0.4, -0.2) is 70.9 Å². The molecule has 0 aliphatic rings. The van der Waals surface area contributed by atoms with Crippen LogP contribution in [0.3, 0.4) is 0 Å². The molecule has 3 atom stereocenters. The molecular formula is C14H26N4O6S. The number of amides is 3. The fourth-order valence-electron chi connectivity index (χ4n) is 1.81. The summed E-state index contributed by atoms with van der Waals surface area (Å²) in [5.41, 5.74) is 5.69. The van der Waals surface area contributed by atoms with Gasteiger partial charge in [-0.05, 0) is 12.3 Å². The number of aliphatic hydroxyl groups excluding tert-OH is 1. The molecule has 7 N–H and O–H groups in total. The molecule has 0 rings (SSSR count). The number of carboxylic acid groups (broad SMARTS) is 1. The van der Waals surface area contributed by atoms with Crippen LogP contribution >= 0.6 is 12.6 Å². The van der Waals surface area contributed by atoms with E-state index in [1.165, 1.54) is 0 Å². The highest BCUT2D eigenvalue weighted by molar-refractivity contribution is 7.80. The average Bonchev–Trinajstić information content (AvgIpc) is 2.53. The molecule has 0 bridgehead atoms. The van der Waals surface area contributed by atoms with E-state index in [-0.39, 0.29) is 11.7 Å². The summed E-state index contributed by atoms with van der Waals surface area (Å²) < 4.78 is 0. The molecule has 0 aromatic heterocycles. The number of carbonyl (C=O) groups is 4. The van der Waals surface area contributed by atoms with Crippen LogP contribution in [0.15, 0.2) is 0 Å². The summed E-state index contributed by atoms with van der Waals surface area (Å²) in [6.07, 6.45) is 0.411. The first-order valence-electron chi connectivity index (χ1n) is 7.69. The second-order valence-corrected chi connectivity index (χ2v) is 6.20. The van der Waals surface area contributed by atoms with E-state index in [0.29, 0.717) is 6.42 Å². The second kappa shape index (κ2) is 11.7. The third-order valence-electron chi connectivity index (χ3n) is 3.12. The molecule has 0 aromatic rings. The number of aliphatic carboxylic acids is 1. The van der Waals surface area contributed by atoms with Gasteiger partial charge in [-0.2, -0.15) is 12.6 Å². The Balaban J connectivity index is 4.48. The molecule has 0 saturated carbocycles. The van der Waals surface area contributed by atoms with Crippen molar-refractivity contribution in [2.75, 3.05) is 18.9 Å². The van der Waals surface area contributed by atoms with Gasteiger partial charge >= 0.3 is 5.97 Å². The normalized spacial score (nSPS) is 14.3. The first-order valence-corrected chi connectivity index (χ1v) is 8.33. The van der Waals surface area contributed by atoms with Gasteiger partial charge in [-0.25, -0.2) is 4.79 Å². The van der Waals surface area contributed by atoms with E-state index in [2.05, 4.69) is 28.6 Å². The van der Waals surface area contributed by atoms with Crippen LogP contribution in [0.1, 0.15) is 20.3 Å². The van der Waals surface area contributed by atoms with Crippen LogP contribution in [0.2, 0.25) is 0 Å². The zero-order valence-corrected chi connectivity index (χ0v) is 15.1. The summed E-state index contributed by atoms with van der Waals surface area (Å²) in [7, 11) is 0. The highest BCUT2D eigenvalue weighted by Crippen LogP contribution is 2.02. The maximum Gasteiger partial charge on any atom is 0.327 e. The number of nitrogens with two attached hydrogens (primary N) is 1. The average molecular weight is 378 g/mol. The number of hydrogen-bond donors (Lipinski definition) is 7. The Kier molecular flexibility index (Phi) is 10.8. The molecule has 144 valence electrons. The van der Waals surface area contributed by atoms with Crippen LogP contribution in [0.5, 0.6) is 0 Å². The first-order chi connectivity index (χ1) is 11.6. The third kappa shape index (κ3) is 9.27. The lowest BCUT2D eigenvalue weighted by Crippen LogP contribution is -2.55. The molecule has 0 aliphatic heterocycles. The van der Waals surface area contributed by atoms with E-state index >= 15 is 0 Å². The monoisotopic (exact) mass is 378 g/mol. The summed E-state index contributed by atoms with van der Waals surface area (Å²) >= 11 is 3.79. The summed E-state index contributed by atoms with van der Waals surface area (Å²) in [6.45, 7) is 2.58. The molecule has 3 unspecified atom stereocenters. The van der Waals surface area contributed by atoms with Crippen molar-refractivity contribution in [1.29, 1.82) is 0 Å². The zero-order chi connectivity index (χ0) is 19.6.